The molecule has 0 bridgehead atoms. The molecule has 106 valence electrons. The van der Waals surface area contributed by atoms with Gasteiger partial charge in [0.2, 0.25) is 0 Å². The molecule has 0 unspecified atom stereocenters. The highest BCUT2D eigenvalue weighted by molar-refractivity contribution is 5.74. The molecule has 7 nitrogen and oxygen atoms in total. The maximum atomic E-state index is 11.0. The highest BCUT2D eigenvalue weighted by Gasteiger charge is 2.24. The van der Waals surface area contributed by atoms with E-state index in [2.05, 4.69) is 10.9 Å². The van der Waals surface area contributed by atoms with Crippen molar-refractivity contribution in [2.45, 2.75) is 45.2 Å². The number of carbonyl (C=O) groups is 2. The molecule has 18 heavy (non-hydrogen) atoms. The molecule has 0 aromatic carbocycles. The summed E-state index contributed by atoms with van der Waals surface area (Å²) < 4.78 is 0. The number of nitrogens with one attached hydrogen (secondary N) is 2. The Hall–Kier alpha value is -1.18. The number of rotatable bonds is 10. The summed E-state index contributed by atoms with van der Waals surface area (Å²) >= 11 is 0. The van der Waals surface area contributed by atoms with Crippen molar-refractivity contribution in [3.8, 4) is 0 Å². The largest absolute Gasteiger partial charge is 0.480 e. The van der Waals surface area contributed by atoms with E-state index >= 15 is 0 Å². The fourth-order valence-electron chi connectivity index (χ4n) is 1.45. The van der Waals surface area contributed by atoms with Crippen LogP contribution in [0.3, 0.4) is 0 Å². The van der Waals surface area contributed by atoms with Crippen LogP contribution in [0.2, 0.25) is 0 Å². The zero-order valence-electron chi connectivity index (χ0n) is 10.8. The summed E-state index contributed by atoms with van der Waals surface area (Å²) in [5.74, 6) is -2.16. The van der Waals surface area contributed by atoms with E-state index in [-0.39, 0.29) is 5.92 Å². The second-order valence-electron chi connectivity index (χ2n) is 4.52. The van der Waals surface area contributed by atoms with Crippen molar-refractivity contribution in [1.82, 2.24) is 10.9 Å². The van der Waals surface area contributed by atoms with Gasteiger partial charge < -0.3 is 15.9 Å². The molecule has 0 aromatic heterocycles. The van der Waals surface area contributed by atoms with Gasteiger partial charge >= 0.3 is 11.9 Å². The fourth-order valence-corrected chi connectivity index (χ4v) is 1.45. The summed E-state index contributed by atoms with van der Waals surface area (Å²) in [6.45, 7) is 4.01. The van der Waals surface area contributed by atoms with Crippen LogP contribution in [0.4, 0.5) is 0 Å². The third-order valence-corrected chi connectivity index (χ3v) is 2.59. The Morgan fingerprint density at radius 2 is 1.72 bits per heavy atom. The quantitative estimate of drug-likeness (QED) is 0.272. The van der Waals surface area contributed by atoms with Crippen LogP contribution in [0.5, 0.6) is 0 Å². The summed E-state index contributed by atoms with van der Waals surface area (Å²) in [4.78, 5) is 21.9. The molecule has 0 rings (SSSR count). The first-order chi connectivity index (χ1) is 8.40. The number of carboxylic acid groups (broad SMARTS) is 2. The molecule has 0 aliphatic rings. The lowest BCUT2D eigenvalue weighted by molar-refractivity contribution is -0.144. The summed E-state index contributed by atoms with van der Waals surface area (Å²) in [6.07, 6.45) is 1.84. The average Bonchev–Trinajstić information content (AvgIpc) is 2.25. The highest BCUT2D eigenvalue weighted by atomic mass is 16.4. The molecule has 0 aliphatic carbocycles. The Balaban J connectivity index is 4.24. The third-order valence-electron chi connectivity index (χ3n) is 2.59. The first-order valence-corrected chi connectivity index (χ1v) is 6.06. The van der Waals surface area contributed by atoms with E-state index in [0.29, 0.717) is 19.4 Å². The zero-order valence-corrected chi connectivity index (χ0v) is 10.8. The van der Waals surface area contributed by atoms with Crippen molar-refractivity contribution >= 4 is 11.9 Å². The molecule has 0 saturated heterocycles. The molecule has 2 atom stereocenters. The van der Waals surface area contributed by atoms with Crippen molar-refractivity contribution in [3.05, 3.63) is 0 Å². The number of carboxylic acids is 2. The van der Waals surface area contributed by atoms with E-state index in [1.165, 1.54) is 0 Å². The maximum Gasteiger partial charge on any atom is 0.322 e. The van der Waals surface area contributed by atoms with Crippen LogP contribution in [-0.2, 0) is 9.59 Å². The number of hydrogen-bond acceptors (Lipinski definition) is 5. The Morgan fingerprint density at radius 1 is 1.11 bits per heavy atom. The molecule has 7 heteroatoms. The summed E-state index contributed by atoms with van der Waals surface area (Å²) in [7, 11) is 0. The van der Waals surface area contributed by atoms with E-state index in [9.17, 15) is 9.59 Å². The molecule has 0 spiro atoms. The van der Waals surface area contributed by atoms with Crippen molar-refractivity contribution in [2.24, 2.45) is 11.7 Å². The monoisotopic (exact) mass is 261 g/mol. The number of nitrogens with two attached hydrogens (primary N) is 1. The van der Waals surface area contributed by atoms with Crippen LogP contribution in [0.1, 0.15) is 33.1 Å². The van der Waals surface area contributed by atoms with Crippen LogP contribution in [0.25, 0.3) is 0 Å². The lowest BCUT2D eigenvalue weighted by Gasteiger charge is -2.22. The maximum absolute atomic E-state index is 11.0. The summed E-state index contributed by atoms with van der Waals surface area (Å²) in [5, 5.41) is 17.9. The number of aliphatic carboxylic acids is 2. The van der Waals surface area contributed by atoms with E-state index < -0.39 is 24.0 Å². The zero-order chi connectivity index (χ0) is 14.1. The van der Waals surface area contributed by atoms with E-state index in [1.54, 1.807) is 13.8 Å². The molecular formula is C11H23N3O4. The minimum atomic E-state index is -1.01. The van der Waals surface area contributed by atoms with Crippen molar-refractivity contribution in [1.29, 1.82) is 0 Å². The van der Waals surface area contributed by atoms with Crippen LogP contribution in [0.15, 0.2) is 0 Å². The second-order valence-corrected chi connectivity index (χ2v) is 4.52. The van der Waals surface area contributed by atoms with Gasteiger partial charge in [0, 0.05) is 0 Å². The molecule has 0 amide bonds. The fraction of sp³-hybridized carbons (Fsp3) is 0.818. The smallest absolute Gasteiger partial charge is 0.322 e. The van der Waals surface area contributed by atoms with Crippen LogP contribution in [0, 0.1) is 5.92 Å². The Labute approximate surface area is 107 Å². The van der Waals surface area contributed by atoms with Crippen LogP contribution >= 0.6 is 0 Å². The molecule has 0 heterocycles. The molecule has 6 N–H and O–H groups in total. The number of hydrogen-bond donors (Lipinski definition) is 5. The minimum Gasteiger partial charge on any atom is -0.480 e. The van der Waals surface area contributed by atoms with Gasteiger partial charge in [-0.25, -0.2) is 10.9 Å². The van der Waals surface area contributed by atoms with Gasteiger partial charge in [0.15, 0.2) is 0 Å². The summed E-state index contributed by atoms with van der Waals surface area (Å²) in [5.41, 5.74) is 10.5. The summed E-state index contributed by atoms with van der Waals surface area (Å²) in [6, 6.07) is -1.63. The van der Waals surface area contributed by atoms with Gasteiger partial charge in [0.05, 0.1) is 0 Å². The third kappa shape index (κ3) is 6.53. The number of unbranched alkanes of at least 4 members (excludes halogenated alkanes) is 1. The Kier molecular flexibility index (Phi) is 8.27. The van der Waals surface area contributed by atoms with E-state index in [1.807, 2.05) is 0 Å². The average molecular weight is 261 g/mol. The Morgan fingerprint density at radius 3 is 2.11 bits per heavy atom. The van der Waals surface area contributed by atoms with Gasteiger partial charge in [-0.1, -0.05) is 13.8 Å². The van der Waals surface area contributed by atoms with Crippen LogP contribution in [-0.4, -0.2) is 40.8 Å². The first-order valence-electron chi connectivity index (χ1n) is 6.06. The van der Waals surface area contributed by atoms with Crippen molar-refractivity contribution in [2.75, 3.05) is 6.54 Å². The van der Waals surface area contributed by atoms with Crippen molar-refractivity contribution in [3.63, 3.8) is 0 Å². The van der Waals surface area contributed by atoms with Crippen LogP contribution < -0.4 is 16.6 Å². The normalized spacial score (nSPS) is 14.4. The van der Waals surface area contributed by atoms with Gasteiger partial charge in [-0.2, -0.15) is 0 Å². The molecule has 0 radical (unpaired) electrons. The first kappa shape index (κ1) is 16.8. The van der Waals surface area contributed by atoms with Gasteiger partial charge in [-0.05, 0) is 31.7 Å². The molecule has 0 aliphatic heterocycles. The predicted molar refractivity (Wildman–Crippen MR) is 66.9 cm³/mol. The lowest BCUT2D eigenvalue weighted by atomic mass is 10.1. The van der Waals surface area contributed by atoms with Gasteiger partial charge in [0.1, 0.15) is 12.1 Å². The molecular weight excluding hydrogens is 238 g/mol. The minimum absolute atomic E-state index is 0.145. The predicted octanol–water partition coefficient (Wildman–Crippen LogP) is -0.228. The number of hydrazine groups is 1. The standard InChI is InChI=1S/C11H23N3O4/c1-7(2)9(11(17)18)14-13-8(10(15)16)5-3-4-6-12/h7-9,13-14H,3-6,12H2,1-2H3,(H,15,16)(H,17,18)/t8-,9-/m0/s1. The van der Waals surface area contributed by atoms with E-state index in [0.717, 1.165) is 6.42 Å². The van der Waals surface area contributed by atoms with Gasteiger partial charge in [0.25, 0.3) is 0 Å². The highest BCUT2D eigenvalue weighted by Crippen LogP contribution is 2.03. The van der Waals surface area contributed by atoms with Gasteiger partial charge in [-0.3, -0.25) is 9.59 Å². The Bertz CT molecular complexity index is 271. The lowest BCUT2D eigenvalue weighted by Crippen LogP contribution is -2.54. The molecule has 0 fully saturated rings. The van der Waals surface area contributed by atoms with Gasteiger partial charge in [-0.15, -0.1) is 0 Å². The topological polar surface area (TPSA) is 125 Å². The molecule has 0 aromatic rings. The van der Waals surface area contributed by atoms with Crippen molar-refractivity contribution < 1.29 is 19.8 Å². The second kappa shape index (κ2) is 8.84. The molecule has 0 saturated carbocycles. The van der Waals surface area contributed by atoms with E-state index in [4.69, 9.17) is 15.9 Å². The SMILES string of the molecule is CC(C)[C@H](NN[C@@H](CCCCN)C(=O)O)C(=O)O.